The molecule has 0 spiro atoms. The molecule has 380 valence electrons. The van der Waals surface area contributed by atoms with Gasteiger partial charge in [-0.25, -0.2) is 4.98 Å². The number of nitrogens with one attached hydrogen (secondary N) is 9. The van der Waals surface area contributed by atoms with E-state index in [1.54, 1.807) is 0 Å². The summed E-state index contributed by atoms with van der Waals surface area (Å²) in [5.74, 6) is -6.22. The Kier molecular flexibility index (Phi) is 21.4. The molecule has 3 aromatic rings. The minimum Gasteiger partial charge on any atom is -0.370 e. The highest BCUT2D eigenvalue weighted by molar-refractivity contribution is 5.98. The van der Waals surface area contributed by atoms with Crippen molar-refractivity contribution >= 4 is 69.9 Å². The van der Waals surface area contributed by atoms with Crippen LogP contribution < -0.4 is 65.5 Å². The van der Waals surface area contributed by atoms with E-state index in [0.29, 0.717) is 24.1 Å². The van der Waals surface area contributed by atoms with Gasteiger partial charge in [-0.05, 0) is 67.7 Å². The molecule has 70 heavy (non-hydrogen) atoms. The highest BCUT2D eigenvalue weighted by Crippen LogP contribution is 2.18. The molecule has 1 aromatic heterocycles. The van der Waals surface area contributed by atoms with Gasteiger partial charge in [0.2, 0.25) is 47.3 Å². The Morgan fingerprint density at radius 3 is 1.93 bits per heavy atom. The fourth-order valence-corrected chi connectivity index (χ4v) is 7.50. The zero-order chi connectivity index (χ0) is 51.3. The van der Waals surface area contributed by atoms with Crippen molar-refractivity contribution in [2.75, 3.05) is 19.6 Å². The summed E-state index contributed by atoms with van der Waals surface area (Å²) in [6, 6.07) is 4.08. The molecule has 1 fully saturated rings. The normalized spacial score (nSPS) is 20.1. The van der Waals surface area contributed by atoms with Crippen LogP contribution in [0.5, 0.6) is 0 Å². The summed E-state index contributed by atoms with van der Waals surface area (Å²) < 4.78 is 0. The van der Waals surface area contributed by atoms with Crippen LogP contribution >= 0.6 is 0 Å². The van der Waals surface area contributed by atoms with Crippen molar-refractivity contribution in [3.05, 3.63) is 66.2 Å². The zero-order valence-corrected chi connectivity index (χ0v) is 40.0. The van der Waals surface area contributed by atoms with Gasteiger partial charge in [-0.2, -0.15) is 0 Å². The van der Waals surface area contributed by atoms with Gasteiger partial charge in [0.1, 0.15) is 42.3 Å². The van der Waals surface area contributed by atoms with E-state index in [1.807, 2.05) is 56.3 Å². The van der Waals surface area contributed by atoms with Crippen LogP contribution in [0.3, 0.4) is 0 Å². The summed E-state index contributed by atoms with van der Waals surface area (Å²) in [4.78, 5) is 126. The molecule has 1 aliphatic heterocycles. The van der Waals surface area contributed by atoms with Crippen LogP contribution in [-0.4, -0.2) is 131 Å². The number of carbonyl (C=O) groups is 8. The first-order chi connectivity index (χ1) is 33.3. The highest BCUT2D eigenvalue weighted by Gasteiger charge is 2.35. The summed E-state index contributed by atoms with van der Waals surface area (Å²) in [6.45, 7) is 6.15. The molecule has 24 nitrogen and oxygen atoms in total. The predicted octanol–water partition coefficient (Wildman–Crippen LogP) is -2.55. The number of fused-ring (bicyclic) bond motifs is 1. The van der Waals surface area contributed by atoms with Crippen molar-refractivity contribution in [2.45, 2.75) is 121 Å². The van der Waals surface area contributed by atoms with E-state index in [4.69, 9.17) is 22.9 Å². The number of imidazole rings is 1. The number of aromatic amines is 1. The van der Waals surface area contributed by atoms with E-state index in [-0.39, 0.29) is 69.5 Å². The number of hydrogen-bond donors (Lipinski definition) is 13. The Labute approximate surface area is 405 Å². The van der Waals surface area contributed by atoms with Crippen molar-refractivity contribution in [1.82, 2.24) is 52.5 Å². The van der Waals surface area contributed by atoms with E-state index in [2.05, 4.69) is 62.5 Å². The average Bonchev–Trinajstić information content (AvgIpc) is 3.82. The monoisotopic (exact) mass is 973 g/mol. The molecular weight excluding hydrogens is 905 g/mol. The smallest absolute Gasteiger partial charge is 0.245 e. The molecule has 0 unspecified atom stereocenters. The number of aromatic nitrogens is 2. The lowest BCUT2D eigenvalue weighted by Crippen LogP contribution is -2.63. The van der Waals surface area contributed by atoms with Gasteiger partial charge in [0.25, 0.3) is 0 Å². The molecule has 1 saturated heterocycles. The van der Waals surface area contributed by atoms with Crippen molar-refractivity contribution in [3.63, 3.8) is 0 Å². The lowest BCUT2D eigenvalue weighted by atomic mass is 9.99. The van der Waals surface area contributed by atoms with Gasteiger partial charge in [0.05, 0.1) is 6.33 Å². The van der Waals surface area contributed by atoms with E-state index in [0.717, 1.165) is 10.8 Å². The lowest BCUT2D eigenvalue weighted by Gasteiger charge is -2.29. The third-order valence-electron chi connectivity index (χ3n) is 11.2. The van der Waals surface area contributed by atoms with Gasteiger partial charge >= 0.3 is 0 Å². The third kappa shape index (κ3) is 18.4. The maximum atomic E-state index is 14.5. The number of H-pyrrole nitrogens is 1. The Balaban J connectivity index is 1.73. The van der Waals surface area contributed by atoms with Gasteiger partial charge in [0.15, 0.2) is 11.9 Å². The van der Waals surface area contributed by atoms with Crippen LogP contribution in [0.4, 0.5) is 0 Å². The molecule has 0 radical (unpaired) electrons. The van der Waals surface area contributed by atoms with Crippen LogP contribution in [0.25, 0.3) is 10.8 Å². The van der Waals surface area contributed by atoms with E-state index in [1.165, 1.54) is 26.4 Å². The van der Waals surface area contributed by atoms with Gasteiger partial charge in [-0.15, -0.1) is 0 Å². The SMILES string of the molecule is CC(=O)N[C@@H](CCCN=C(N)N)C(=O)N[C@@H](C)C(=O)N[C@H]1CNC(=O)[C@@H](CCC(C)C)NC(=O)[C@H](Cc2cnc[nH]2)NC(=O)[C@H](Cc2ccc3ccccc3c2)NC(=O)[C@H](CCCN=C(N)N)NC1=O. The van der Waals surface area contributed by atoms with Crippen molar-refractivity contribution in [1.29, 1.82) is 0 Å². The van der Waals surface area contributed by atoms with E-state index < -0.39 is 96.1 Å². The molecule has 17 N–H and O–H groups in total. The van der Waals surface area contributed by atoms with Crippen molar-refractivity contribution < 1.29 is 38.4 Å². The van der Waals surface area contributed by atoms with Crippen LogP contribution in [0, 0.1) is 5.92 Å². The maximum Gasteiger partial charge on any atom is 0.245 e. The second-order valence-corrected chi connectivity index (χ2v) is 17.6. The van der Waals surface area contributed by atoms with Crippen LogP contribution in [-0.2, 0) is 51.2 Å². The summed E-state index contributed by atoms with van der Waals surface area (Å²) in [7, 11) is 0. The zero-order valence-electron chi connectivity index (χ0n) is 40.0. The van der Waals surface area contributed by atoms with Gasteiger partial charge in [0, 0.05) is 51.3 Å². The van der Waals surface area contributed by atoms with Gasteiger partial charge in [-0.1, -0.05) is 56.3 Å². The predicted molar refractivity (Wildman–Crippen MR) is 262 cm³/mol. The molecule has 2 heterocycles. The number of amides is 8. The molecule has 0 saturated carbocycles. The molecule has 0 aliphatic carbocycles. The third-order valence-corrected chi connectivity index (χ3v) is 11.2. The van der Waals surface area contributed by atoms with E-state index in [9.17, 15) is 38.4 Å². The number of rotatable bonds is 20. The Bertz CT molecular complexity index is 2350. The molecule has 24 heteroatoms. The molecule has 8 amide bonds. The number of guanidine groups is 2. The van der Waals surface area contributed by atoms with Crippen LogP contribution in [0.15, 0.2) is 65.0 Å². The second-order valence-electron chi connectivity index (χ2n) is 17.6. The quantitative estimate of drug-likeness (QED) is 0.0316. The Morgan fingerprint density at radius 2 is 1.30 bits per heavy atom. The lowest BCUT2D eigenvalue weighted by molar-refractivity contribution is -0.136. The standard InChI is InChI=1S/C46H68N16O8/c1-25(2)13-16-34-39(65)54-23-37(62-38(64)26(3)56-40(66)32(57-27(4)63)11-7-17-52-45(47)48)44(70)58-33(12-8-18-53-46(49)50)41(67)60-35(20-28-14-15-29-9-5-6-10-30(29)19-28)42(68)61-36(43(69)59-34)21-31-22-51-24-55-31/h5-6,9-10,14-15,19,22,24-26,32-37H,7-8,11-13,16-18,20-21,23H2,1-4H3,(H,51,55)(H,54,65)(H,56,66)(H,57,63)(H,58,70)(H,59,69)(H,60,67)(H,61,68)(H,62,64)(H4,47,48,52)(H4,49,50,53)/t26-,32-,33-,34+,35-,36-,37-/m0/s1. The molecule has 0 bridgehead atoms. The van der Waals surface area contributed by atoms with Crippen molar-refractivity contribution in [2.24, 2.45) is 38.8 Å². The second kappa shape index (κ2) is 27.3. The fourth-order valence-electron chi connectivity index (χ4n) is 7.50. The first-order valence-corrected chi connectivity index (χ1v) is 23.2. The van der Waals surface area contributed by atoms with Gasteiger partial charge < -0.3 is 70.5 Å². The molecular formula is C46H68N16O8. The topological polar surface area (TPSA) is 390 Å². The number of nitrogens with zero attached hydrogens (tertiary/aromatic N) is 3. The first kappa shape index (κ1) is 54.8. The molecule has 4 rings (SSSR count). The van der Waals surface area contributed by atoms with Crippen LogP contribution in [0.2, 0.25) is 0 Å². The first-order valence-electron chi connectivity index (χ1n) is 23.2. The Hall–Kier alpha value is -7.79. The van der Waals surface area contributed by atoms with E-state index >= 15 is 0 Å². The largest absolute Gasteiger partial charge is 0.370 e. The highest BCUT2D eigenvalue weighted by atomic mass is 16.2. The van der Waals surface area contributed by atoms with Crippen LogP contribution in [0.1, 0.15) is 77.5 Å². The number of nitrogens with two attached hydrogens (primary N) is 4. The fraction of sp³-hybridized carbons (Fsp3) is 0.500. The summed E-state index contributed by atoms with van der Waals surface area (Å²) in [5.41, 5.74) is 23.1. The summed E-state index contributed by atoms with van der Waals surface area (Å²) in [5, 5.41) is 23.2. The number of carbonyl (C=O) groups excluding carboxylic acids is 8. The average molecular weight is 973 g/mol. The minimum atomic E-state index is -1.58. The number of benzene rings is 2. The van der Waals surface area contributed by atoms with Crippen molar-refractivity contribution in [3.8, 4) is 0 Å². The molecule has 7 atom stereocenters. The van der Waals surface area contributed by atoms with Gasteiger partial charge in [-0.3, -0.25) is 48.3 Å². The summed E-state index contributed by atoms with van der Waals surface area (Å²) in [6.07, 6.45) is 3.97. The number of aliphatic imine (C=N–C) groups is 2. The number of hydrogen-bond acceptors (Lipinski definition) is 11. The Morgan fingerprint density at radius 1 is 0.700 bits per heavy atom. The molecule has 1 aliphatic rings. The summed E-state index contributed by atoms with van der Waals surface area (Å²) >= 11 is 0. The minimum absolute atomic E-state index is 0.0454. The maximum absolute atomic E-state index is 14.5. The molecule has 2 aromatic carbocycles.